The number of hydrogen-bond acceptors (Lipinski definition) is 12. The van der Waals surface area contributed by atoms with Gasteiger partial charge in [-0.15, -0.1) is 0 Å². The number of hydrogen-bond donors (Lipinski definition) is 0. The fourth-order valence-electron chi connectivity index (χ4n) is 5.64. The van der Waals surface area contributed by atoms with Gasteiger partial charge in [0.25, 0.3) is 0 Å². The fraction of sp³-hybridized carbons (Fsp3) is 0. The quantitative estimate of drug-likeness (QED) is 0.106. The van der Waals surface area contributed by atoms with Gasteiger partial charge >= 0.3 is 34.1 Å². The van der Waals surface area contributed by atoms with Gasteiger partial charge < -0.3 is 88.9 Å². The first-order valence-electron chi connectivity index (χ1n) is 18.0. The molecule has 0 saturated heterocycles. The van der Waals surface area contributed by atoms with Crippen molar-refractivity contribution in [2.75, 3.05) is 0 Å². The van der Waals surface area contributed by atoms with Crippen LogP contribution in [0.25, 0.3) is 45.0 Å². The molecule has 8 rings (SSSR count). The van der Waals surface area contributed by atoms with Gasteiger partial charge in [-0.1, -0.05) is 121 Å². The van der Waals surface area contributed by atoms with Crippen LogP contribution in [0.15, 0.2) is 195 Å². The molecule has 0 saturated carbocycles. The Balaban J connectivity index is -0.000000148. The molecule has 0 aliphatic heterocycles. The zero-order valence-corrected chi connectivity index (χ0v) is 39.5. The molecule has 4 aromatic heterocycles. The van der Waals surface area contributed by atoms with E-state index in [1.54, 1.807) is 73.3 Å². The molecule has 0 unspecified atom stereocenters. The van der Waals surface area contributed by atoms with Crippen molar-refractivity contribution in [3.05, 3.63) is 217 Å². The molecule has 0 fully saturated rings. The van der Waals surface area contributed by atoms with E-state index in [4.69, 9.17) is 0 Å². The standard InChI is InChI=1S/2C14H10O4.2C10H8N2.2Mn.9H2O/c2*15-13(16)11-7-3-1-5-9(11)10-6-2-4-8-12(10)14(17)18;2*1-3-7-11-9(5-1)10-6-2-4-8-12-10;;;;;;;;;;;/h2*1-8H,(H,15,16)(H,17,18);2*1-8H;;;9*1H2/q;;;;2*+2;;;;;;;;;/p+1. The van der Waals surface area contributed by atoms with Crippen LogP contribution in [0.3, 0.4) is 0 Å². The summed E-state index contributed by atoms with van der Waals surface area (Å²) in [6.45, 7) is 0. The van der Waals surface area contributed by atoms with E-state index in [0.717, 1.165) is 22.8 Å². The molecule has 0 aliphatic carbocycles. The minimum Gasteiger partial charge on any atom is -0.545 e. The SMILES string of the molecule is O.O.O.O.O=C([O-])c1ccccc1-c1ccccc1C(=O)[O-].O=C([O-])c1ccccc1-c1ccccc1C(=O)[O-].[Mn+2].[Mn+2].[OH3+].[OH3+].[OH3+].[OH3+].[OH3+].c1ccc(-c2ccccn2)nc1.c1ccc(-c2ccccn2)nc1. The van der Waals surface area contributed by atoms with E-state index >= 15 is 0 Å². The van der Waals surface area contributed by atoms with E-state index in [0.29, 0.717) is 22.3 Å². The molecule has 378 valence electrons. The maximum absolute atomic E-state index is 11.0. The number of aromatic carboxylic acids is 4. The summed E-state index contributed by atoms with van der Waals surface area (Å²) in [5.41, 5.74) is 4.67. The monoisotopic (exact) mass is 1070 g/mol. The van der Waals surface area contributed by atoms with Crippen molar-refractivity contribution in [2.45, 2.75) is 0 Å². The average Bonchev–Trinajstić information content (AvgIpc) is 3.31. The summed E-state index contributed by atoms with van der Waals surface area (Å²) < 4.78 is 0. The number of carbonyl (C=O) groups is 4. The van der Waals surface area contributed by atoms with Crippen molar-refractivity contribution in [1.29, 1.82) is 0 Å². The van der Waals surface area contributed by atoms with Crippen molar-refractivity contribution in [3.63, 3.8) is 0 Å². The first-order valence-corrected chi connectivity index (χ1v) is 18.0. The van der Waals surface area contributed by atoms with Crippen LogP contribution < -0.4 is 20.4 Å². The van der Waals surface area contributed by atoms with Gasteiger partial charge in [-0.2, -0.15) is 0 Å². The van der Waals surface area contributed by atoms with Crippen LogP contribution in [0.4, 0.5) is 0 Å². The smallest absolute Gasteiger partial charge is 0.545 e. The number of pyridine rings is 4. The van der Waals surface area contributed by atoms with Crippen molar-refractivity contribution in [3.8, 4) is 45.0 Å². The summed E-state index contributed by atoms with van der Waals surface area (Å²) in [7, 11) is 0. The Morgan fingerprint density at radius 2 is 0.423 bits per heavy atom. The number of benzene rings is 4. The predicted octanol–water partition coefficient (Wildman–Crippen LogP) is -3.46. The molecule has 0 aliphatic rings. The van der Waals surface area contributed by atoms with Crippen LogP contribution in [0.1, 0.15) is 41.4 Å². The van der Waals surface area contributed by atoms with E-state index in [-0.39, 0.29) is 106 Å². The zero-order chi connectivity index (χ0) is 42.7. The molecule has 0 atom stereocenters. The summed E-state index contributed by atoms with van der Waals surface area (Å²) in [4.78, 5) is 60.8. The molecule has 0 spiro atoms. The molecule has 4 heterocycles. The normalized spacial score (nSPS) is 8.34. The van der Waals surface area contributed by atoms with Gasteiger partial charge in [0, 0.05) is 47.0 Å². The summed E-state index contributed by atoms with van der Waals surface area (Å²) in [5.74, 6) is -5.39. The van der Waals surface area contributed by atoms with Gasteiger partial charge in [0.05, 0.1) is 46.7 Å². The van der Waals surface area contributed by atoms with E-state index in [2.05, 4.69) is 19.9 Å². The van der Waals surface area contributed by atoms with Crippen LogP contribution >= 0.6 is 0 Å². The van der Waals surface area contributed by atoms with Crippen LogP contribution in [0.5, 0.6) is 0 Å². The molecule has 0 amide bonds. The van der Waals surface area contributed by atoms with Gasteiger partial charge in [0.15, 0.2) is 0 Å². The first-order chi connectivity index (χ1) is 29.2. The second-order valence-corrected chi connectivity index (χ2v) is 12.2. The zero-order valence-electron chi connectivity index (χ0n) is 37.2. The second kappa shape index (κ2) is 40.0. The number of aromatic nitrogens is 4. The number of nitrogens with zero attached hydrogens (tertiary/aromatic N) is 4. The van der Waals surface area contributed by atoms with Crippen molar-refractivity contribution in [2.24, 2.45) is 0 Å². The Kier molecular flexibility index (Phi) is 43.5. The third-order valence-corrected chi connectivity index (χ3v) is 8.35. The van der Waals surface area contributed by atoms with E-state index in [9.17, 15) is 39.6 Å². The summed E-state index contributed by atoms with van der Waals surface area (Å²) in [5, 5.41) is 44.0. The Bertz CT molecular complexity index is 2330. The molecule has 21 nitrogen and oxygen atoms in total. The molecule has 71 heavy (non-hydrogen) atoms. The van der Waals surface area contributed by atoms with E-state index < -0.39 is 23.9 Å². The van der Waals surface area contributed by atoms with E-state index in [1.807, 2.05) is 72.8 Å². The number of carboxylic acid groups (broad SMARTS) is 4. The molecular formula is C48H55Mn2N4O17+5. The maximum Gasteiger partial charge on any atom is 2.00 e. The Labute approximate surface area is 427 Å². The van der Waals surface area contributed by atoms with Gasteiger partial charge in [-0.25, -0.2) is 0 Å². The van der Waals surface area contributed by atoms with Gasteiger partial charge in [0.1, 0.15) is 0 Å². The van der Waals surface area contributed by atoms with Crippen LogP contribution in [0, 0.1) is 0 Å². The van der Waals surface area contributed by atoms with Gasteiger partial charge in [0.2, 0.25) is 0 Å². The molecular weight excluding hydrogens is 1010 g/mol. The number of carboxylic acids is 4. The third kappa shape index (κ3) is 22.3. The first kappa shape index (κ1) is 77.3. The maximum atomic E-state index is 11.0. The predicted molar refractivity (Wildman–Crippen MR) is 255 cm³/mol. The van der Waals surface area contributed by atoms with Crippen LogP contribution in [-0.4, -0.2) is 65.7 Å². The average molecular weight is 1070 g/mol. The summed E-state index contributed by atoms with van der Waals surface area (Å²) in [6, 6.07) is 47.6. The molecule has 23 heteroatoms. The Morgan fingerprint density at radius 3 is 0.563 bits per heavy atom. The number of carbonyl (C=O) groups excluding carboxylic acids is 4. The molecule has 8 aromatic rings. The molecule has 4 aromatic carbocycles. The summed E-state index contributed by atoms with van der Waals surface area (Å²) >= 11 is 0. The van der Waals surface area contributed by atoms with Crippen molar-refractivity contribution in [1.82, 2.24) is 19.9 Å². The largest absolute Gasteiger partial charge is 2.00 e. The van der Waals surface area contributed by atoms with E-state index in [1.165, 1.54) is 48.5 Å². The Morgan fingerprint density at radius 1 is 0.268 bits per heavy atom. The topological polar surface area (TPSA) is 503 Å². The number of rotatable bonds is 8. The van der Waals surface area contributed by atoms with Crippen LogP contribution in [0.2, 0.25) is 0 Å². The van der Waals surface area contributed by atoms with Gasteiger partial charge in [-0.3, -0.25) is 19.9 Å². The van der Waals surface area contributed by atoms with Crippen LogP contribution in [-0.2, 0) is 61.5 Å². The molecule has 0 bridgehead atoms. The fourth-order valence-corrected chi connectivity index (χ4v) is 5.64. The Hall–Kier alpha value is -7.96. The second-order valence-electron chi connectivity index (χ2n) is 12.2. The van der Waals surface area contributed by atoms with Crippen molar-refractivity contribution >= 4 is 23.9 Å². The van der Waals surface area contributed by atoms with Gasteiger partial charge in [-0.05, 0) is 70.8 Å². The molecule has 2 radical (unpaired) electrons. The molecule has 23 N–H and O–H groups in total. The minimum absolute atomic E-state index is 0. The van der Waals surface area contributed by atoms with Crippen molar-refractivity contribution < 1.29 is 123 Å². The minimum atomic E-state index is -1.35. The summed E-state index contributed by atoms with van der Waals surface area (Å²) in [6.07, 6.45) is 7.07. The third-order valence-electron chi connectivity index (χ3n) is 8.35.